The fourth-order valence-electron chi connectivity index (χ4n) is 4.71. The van der Waals surface area contributed by atoms with Crippen LogP contribution in [-0.4, -0.2) is 44.3 Å². The van der Waals surface area contributed by atoms with Gasteiger partial charge in [0.25, 0.3) is 10.0 Å². The number of benzene rings is 4. The molecule has 2 amide bonds. The van der Waals surface area contributed by atoms with Gasteiger partial charge in [0.2, 0.25) is 11.8 Å². The highest BCUT2D eigenvalue weighted by Crippen LogP contribution is 2.27. The van der Waals surface area contributed by atoms with Gasteiger partial charge in [0.05, 0.1) is 10.6 Å². The van der Waals surface area contributed by atoms with Crippen LogP contribution in [0, 0.1) is 12.7 Å². The molecule has 0 bridgehead atoms. The number of para-hydroxylation sites is 1. The molecule has 9 heteroatoms. The van der Waals surface area contributed by atoms with Gasteiger partial charge in [0.1, 0.15) is 18.4 Å². The molecule has 1 N–H and O–H groups in total. The van der Waals surface area contributed by atoms with Gasteiger partial charge >= 0.3 is 0 Å². The number of anilines is 1. The van der Waals surface area contributed by atoms with Crippen molar-refractivity contribution in [1.82, 2.24) is 10.2 Å². The quantitative estimate of drug-likeness (QED) is 0.250. The molecule has 1 unspecified atom stereocenters. The van der Waals surface area contributed by atoms with Gasteiger partial charge in [-0.3, -0.25) is 13.9 Å². The first-order valence-corrected chi connectivity index (χ1v) is 15.1. The molecule has 0 aliphatic carbocycles. The Kier molecular flexibility index (Phi) is 10.1. The topological polar surface area (TPSA) is 86.8 Å². The number of likely N-dealkylation sites (N-methyl/N-ethyl adjacent to an activating group) is 1. The van der Waals surface area contributed by atoms with Crippen molar-refractivity contribution < 1.29 is 22.4 Å². The van der Waals surface area contributed by atoms with Crippen LogP contribution in [0.5, 0.6) is 0 Å². The molecule has 7 nitrogen and oxygen atoms in total. The Labute approximate surface area is 246 Å². The molecular formula is C33H34FN3O4S. The van der Waals surface area contributed by atoms with Gasteiger partial charge < -0.3 is 10.2 Å². The zero-order chi connectivity index (χ0) is 30.1. The summed E-state index contributed by atoms with van der Waals surface area (Å²) in [5.41, 5.74) is 2.45. The third kappa shape index (κ3) is 7.41. The molecular weight excluding hydrogens is 553 g/mol. The lowest BCUT2D eigenvalue weighted by Crippen LogP contribution is -2.53. The zero-order valence-corrected chi connectivity index (χ0v) is 24.4. The lowest BCUT2D eigenvalue weighted by molar-refractivity contribution is -0.140. The van der Waals surface area contributed by atoms with E-state index in [4.69, 9.17) is 0 Å². The molecule has 1 atom stereocenters. The smallest absolute Gasteiger partial charge is 0.264 e. The average Bonchev–Trinajstić information content (AvgIpc) is 3.00. The van der Waals surface area contributed by atoms with E-state index < -0.39 is 34.3 Å². The number of carbonyl (C=O) groups is 2. The average molecular weight is 588 g/mol. The van der Waals surface area contributed by atoms with Crippen LogP contribution in [0.3, 0.4) is 0 Å². The maximum atomic E-state index is 14.3. The largest absolute Gasteiger partial charge is 0.355 e. The van der Waals surface area contributed by atoms with Gasteiger partial charge in [0, 0.05) is 19.5 Å². The second kappa shape index (κ2) is 13.9. The van der Waals surface area contributed by atoms with Crippen molar-refractivity contribution in [2.24, 2.45) is 0 Å². The number of hydrogen-bond acceptors (Lipinski definition) is 4. The van der Waals surface area contributed by atoms with Gasteiger partial charge in [-0.2, -0.15) is 0 Å². The lowest BCUT2D eigenvalue weighted by Gasteiger charge is -2.34. The lowest BCUT2D eigenvalue weighted by atomic mass is 10.0. The van der Waals surface area contributed by atoms with Crippen molar-refractivity contribution in [3.05, 3.63) is 132 Å². The molecule has 4 aromatic rings. The first kappa shape index (κ1) is 30.5. The molecule has 0 aliphatic heterocycles. The molecule has 0 radical (unpaired) electrons. The summed E-state index contributed by atoms with van der Waals surface area (Å²) in [4.78, 5) is 29.2. The summed E-state index contributed by atoms with van der Waals surface area (Å²) in [5, 5.41) is 2.82. The normalized spacial score (nSPS) is 11.9. The Balaban J connectivity index is 1.79. The molecule has 218 valence electrons. The molecule has 42 heavy (non-hydrogen) atoms. The number of amides is 2. The number of aryl methyl sites for hydroxylation is 1. The highest BCUT2D eigenvalue weighted by atomic mass is 32.2. The maximum Gasteiger partial charge on any atom is 0.264 e. The molecule has 4 rings (SSSR count). The zero-order valence-electron chi connectivity index (χ0n) is 23.6. The summed E-state index contributed by atoms with van der Waals surface area (Å²) >= 11 is 0. The highest BCUT2D eigenvalue weighted by Gasteiger charge is 2.34. The van der Waals surface area contributed by atoms with Crippen molar-refractivity contribution in [3.63, 3.8) is 0 Å². The first-order chi connectivity index (χ1) is 20.2. The summed E-state index contributed by atoms with van der Waals surface area (Å²) in [5.74, 6) is -1.37. The number of sulfonamides is 1. The summed E-state index contributed by atoms with van der Waals surface area (Å²) < 4.78 is 42.8. The third-order valence-corrected chi connectivity index (χ3v) is 8.66. The molecule has 0 heterocycles. The second-order valence-electron chi connectivity index (χ2n) is 9.86. The number of halogens is 1. The predicted octanol–water partition coefficient (Wildman–Crippen LogP) is 5.11. The van der Waals surface area contributed by atoms with E-state index in [1.807, 2.05) is 30.3 Å². The fourth-order valence-corrected chi connectivity index (χ4v) is 6.21. The van der Waals surface area contributed by atoms with E-state index in [2.05, 4.69) is 5.32 Å². The van der Waals surface area contributed by atoms with Crippen LogP contribution in [0.15, 0.2) is 114 Å². The minimum Gasteiger partial charge on any atom is -0.355 e. The van der Waals surface area contributed by atoms with Crippen LogP contribution in [-0.2, 0) is 32.6 Å². The molecule has 0 aromatic heterocycles. The molecule has 0 saturated carbocycles. The van der Waals surface area contributed by atoms with Crippen LogP contribution in [0.1, 0.15) is 23.6 Å². The van der Waals surface area contributed by atoms with Crippen molar-refractivity contribution in [2.75, 3.05) is 17.4 Å². The Bertz CT molecular complexity index is 1600. The van der Waals surface area contributed by atoms with Crippen molar-refractivity contribution in [2.45, 2.75) is 37.8 Å². The van der Waals surface area contributed by atoms with E-state index in [0.29, 0.717) is 23.4 Å². The summed E-state index contributed by atoms with van der Waals surface area (Å²) in [7, 11) is -4.16. The van der Waals surface area contributed by atoms with Crippen molar-refractivity contribution >= 4 is 27.5 Å². The van der Waals surface area contributed by atoms with Crippen LogP contribution >= 0.6 is 0 Å². The standard InChI is InChI=1S/C33H34FN3O4S/c1-3-35-33(39)31(22-26-13-6-4-7-14-26)36(23-27-18-20-28(34)21-19-27)32(38)24-37(30-17-11-10-12-25(30)2)42(40,41)29-15-8-5-9-16-29/h4-21,31H,3,22-24H2,1-2H3,(H,35,39). The molecule has 0 spiro atoms. The Morgan fingerprint density at radius 3 is 2.02 bits per heavy atom. The monoisotopic (exact) mass is 587 g/mol. The summed E-state index contributed by atoms with van der Waals surface area (Å²) in [6, 6.07) is 28.9. The van der Waals surface area contributed by atoms with Crippen molar-refractivity contribution in [1.29, 1.82) is 0 Å². The minimum atomic E-state index is -4.16. The number of carbonyl (C=O) groups excluding carboxylic acids is 2. The summed E-state index contributed by atoms with van der Waals surface area (Å²) in [6.45, 7) is 3.33. The fraction of sp³-hybridized carbons (Fsp3) is 0.212. The SMILES string of the molecule is CCNC(=O)C(Cc1ccccc1)N(Cc1ccc(F)cc1)C(=O)CN(c1ccccc1C)S(=O)(=O)c1ccccc1. The van der Waals surface area contributed by atoms with Gasteiger partial charge in [0.15, 0.2) is 0 Å². The number of hydrogen-bond donors (Lipinski definition) is 1. The highest BCUT2D eigenvalue weighted by molar-refractivity contribution is 7.92. The predicted molar refractivity (Wildman–Crippen MR) is 162 cm³/mol. The molecule has 0 fully saturated rings. The minimum absolute atomic E-state index is 0.0270. The third-order valence-electron chi connectivity index (χ3n) is 6.88. The molecule has 0 aliphatic rings. The first-order valence-electron chi connectivity index (χ1n) is 13.7. The van der Waals surface area contributed by atoms with Crippen LogP contribution in [0.4, 0.5) is 10.1 Å². The van der Waals surface area contributed by atoms with E-state index in [1.165, 1.54) is 29.2 Å². The van der Waals surface area contributed by atoms with Crippen LogP contribution < -0.4 is 9.62 Å². The molecule has 4 aromatic carbocycles. The van der Waals surface area contributed by atoms with E-state index in [1.54, 1.807) is 68.4 Å². The van der Waals surface area contributed by atoms with E-state index >= 15 is 0 Å². The van der Waals surface area contributed by atoms with Crippen LogP contribution in [0.25, 0.3) is 0 Å². The van der Waals surface area contributed by atoms with E-state index in [9.17, 15) is 22.4 Å². The van der Waals surface area contributed by atoms with Crippen molar-refractivity contribution in [3.8, 4) is 0 Å². The Morgan fingerprint density at radius 2 is 1.40 bits per heavy atom. The number of nitrogens with zero attached hydrogens (tertiary/aromatic N) is 2. The Morgan fingerprint density at radius 1 is 0.810 bits per heavy atom. The van der Waals surface area contributed by atoms with E-state index in [0.717, 1.165) is 9.87 Å². The number of nitrogens with one attached hydrogen (secondary N) is 1. The second-order valence-corrected chi connectivity index (χ2v) is 11.7. The molecule has 0 saturated heterocycles. The van der Waals surface area contributed by atoms with Gasteiger partial charge in [-0.25, -0.2) is 12.8 Å². The van der Waals surface area contributed by atoms with Gasteiger partial charge in [-0.1, -0.05) is 78.9 Å². The summed E-state index contributed by atoms with van der Waals surface area (Å²) in [6.07, 6.45) is 0.204. The number of rotatable bonds is 12. The van der Waals surface area contributed by atoms with Gasteiger partial charge in [-0.15, -0.1) is 0 Å². The van der Waals surface area contributed by atoms with E-state index in [-0.39, 0.29) is 23.8 Å². The van der Waals surface area contributed by atoms with Gasteiger partial charge in [-0.05, 0) is 60.9 Å². The Hall–Kier alpha value is -4.50. The van der Waals surface area contributed by atoms with Crippen LogP contribution in [0.2, 0.25) is 0 Å². The maximum absolute atomic E-state index is 14.3.